The van der Waals surface area contributed by atoms with Gasteiger partial charge in [0.15, 0.2) is 6.61 Å². The largest absolute Gasteiger partial charge is 0.484 e. The van der Waals surface area contributed by atoms with Gasteiger partial charge in [-0.05, 0) is 43.2 Å². The molecule has 1 aromatic rings. The van der Waals surface area contributed by atoms with Gasteiger partial charge in [0.05, 0.1) is 0 Å². The van der Waals surface area contributed by atoms with Crippen LogP contribution in [0.25, 0.3) is 0 Å². The number of nitrogens with zero attached hydrogens (tertiary/aromatic N) is 2. The van der Waals surface area contributed by atoms with E-state index in [1.165, 1.54) is 25.7 Å². The van der Waals surface area contributed by atoms with E-state index in [0.717, 1.165) is 49.8 Å². The van der Waals surface area contributed by atoms with Gasteiger partial charge < -0.3 is 9.64 Å². The van der Waals surface area contributed by atoms with Crippen molar-refractivity contribution in [2.75, 3.05) is 32.8 Å². The lowest BCUT2D eigenvalue weighted by molar-refractivity contribution is -0.135. The maximum atomic E-state index is 12.3. The second kappa shape index (κ2) is 6.52. The lowest BCUT2D eigenvalue weighted by Crippen LogP contribution is -2.53. The van der Waals surface area contributed by atoms with Gasteiger partial charge in [-0.25, -0.2) is 0 Å². The van der Waals surface area contributed by atoms with Crippen LogP contribution in [0.15, 0.2) is 30.3 Å². The van der Waals surface area contributed by atoms with Gasteiger partial charge in [-0.3, -0.25) is 9.69 Å². The Bertz CT molecular complexity index is 540. The third-order valence-electron chi connectivity index (χ3n) is 5.94. The molecule has 4 rings (SSSR count). The topological polar surface area (TPSA) is 32.8 Å². The summed E-state index contributed by atoms with van der Waals surface area (Å²) in [7, 11) is 0. The molecule has 0 N–H and O–H groups in total. The zero-order valence-electron chi connectivity index (χ0n) is 13.7. The maximum Gasteiger partial charge on any atom is 0.260 e. The number of ether oxygens (including phenoxy) is 1. The second-order valence-corrected chi connectivity index (χ2v) is 7.26. The number of hydrogen-bond donors (Lipinski definition) is 0. The van der Waals surface area contributed by atoms with Crippen LogP contribution in [0.2, 0.25) is 0 Å². The first-order chi connectivity index (χ1) is 11.3. The van der Waals surface area contributed by atoms with Crippen LogP contribution in [0.4, 0.5) is 0 Å². The molecule has 0 spiro atoms. The summed E-state index contributed by atoms with van der Waals surface area (Å²) in [5.41, 5.74) is 0. The van der Waals surface area contributed by atoms with Crippen LogP contribution >= 0.6 is 0 Å². The van der Waals surface area contributed by atoms with Gasteiger partial charge in [0.25, 0.3) is 5.91 Å². The molecule has 124 valence electrons. The third-order valence-corrected chi connectivity index (χ3v) is 5.94. The number of amides is 1. The Kier molecular flexibility index (Phi) is 4.25. The monoisotopic (exact) mass is 314 g/mol. The van der Waals surface area contributed by atoms with Gasteiger partial charge >= 0.3 is 0 Å². The van der Waals surface area contributed by atoms with E-state index < -0.39 is 0 Å². The fourth-order valence-electron chi connectivity index (χ4n) is 4.71. The first kappa shape index (κ1) is 15.0. The number of carbonyl (C=O) groups is 1. The molecule has 1 saturated heterocycles. The Balaban J connectivity index is 1.24. The Hall–Kier alpha value is -1.55. The van der Waals surface area contributed by atoms with Gasteiger partial charge in [-0.2, -0.15) is 0 Å². The molecule has 0 unspecified atom stereocenters. The molecular weight excluding hydrogens is 288 g/mol. The summed E-state index contributed by atoms with van der Waals surface area (Å²) in [5, 5.41) is 0. The molecule has 2 saturated carbocycles. The minimum absolute atomic E-state index is 0.112. The average molecular weight is 314 g/mol. The smallest absolute Gasteiger partial charge is 0.260 e. The number of hydrogen-bond acceptors (Lipinski definition) is 3. The summed E-state index contributed by atoms with van der Waals surface area (Å²) in [4.78, 5) is 16.9. The molecular formula is C19H26N2O2. The fourth-order valence-corrected chi connectivity index (χ4v) is 4.71. The number of benzene rings is 1. The molecule has 23 heavy (non-hydrogen) atoms. The van der Waals surface area contributed by atoms with Crippen molar-refractivity contribution in [2.24, 2.45) is 11.8 Å². The van der Waals surface area contributed by atoms with Crippen LogP contribution in [-0.4, -0.2) is 54.5 Å². The summed E-state index contributed by atoms with van der Waals surface area (Å²) in [6.45, 7) is 3.92. The summed E-state index contributed by atoms with van der Waals surface area (Å²) < 4.78 is 5.58. The predicted octanol–water partition coefficient (Wildman–Crippen LogP) is 2.40. The number of carbonyl (C=O) groups excluding carboxylic acids is 1. The van der Waals surface area contributed by atoms with Crippen molar-refractivity contribution in [3.05, 3.63) is 30.3 Å². The molecule has 3 atom stereocenters. The Morgan fingerprint density at radius 1 is 1.04 bits per heavy atom. The molecule has 1 heterocycles. The van der Waals surface area contributed by atoms with Crippen LogP contribution in [0.3, 0.4) is 0 Å². The van der Waals surface area contributed by atoms with E-state index in [2.05, 4.69) is 4.90 Å². The molecule has 1 aromatic carbocycles. The first-order valence-corrected chi connectivity index (χ1v) is 8.99. The second-order valence-electron chi connectivity index (χ2n) is 7.26. The predicted molar refractivity (Wildman–Crippen MR) is 89.3 cm³/mol. The van der Waals surface area contributed by atoms with Crippen molar-refractivity contribution in [3.8, 4) is 5.75 Å². The lowest BCUT2D eigenvalue weighted by atomic mass is 9.93. The highest BCUT2D eigenvalue weighted by molar-refractivity contribution is 5.77. The van der Waals surface area contributed by atoms with Crippen LogP contribution < -0.4 is 4.74 Å². The van der Waals surface area contributed by atoms with Gasteiger partial charge in [0.2, 0.25) is 0 Å². The van der Waals surface area contributed by atoms with Crippen molar-refractivity contribution in [3.63, 3.8) is 0 Å². The van der Waals surface area contributed by atoms with Crippen molar-refractivity contribution < 1.29 is 9.53 Å². The van der Waals surface area contributed by atoms with E-state index in [1.807, 2.05) is 35.2 Å². The van der Waals surface area contributed by atoms with Crippen molar-refractivity contribution >= 4 is 5.91 Å². The van der Waals surface area contributed by atoms with Crippen molar-refractivity contribution in [1.82, 2.24) is 9.80 Å². The molecule has 3 fully saturated rings. The van der Waals surface area contributed by atoms with E-state index in [9.17, 15) is 4.79 Å². The number of rotatable bonds is 4. The number of para-hydroxylation sites is 1. The summed E-state index contributed by atoms with van der Waals surface area (Å²) in [6.07, 6.45) is 5.74. The third kappa shape index (κ3) is 3.23. The van der Waals surface area contributed by atoms with Crippen molar-refractivity contribution in [1.29, 1.82) is 0 Å². The molecule has 0 aromatic heterocycles. The summed E-state index contributed by atoms with van der Waals surface area (Å²) >= 11 is 0. The Morgan fingerprint density at radius 3 is 2.48 bits per heavy atom. The summed E-state index contributed by atoms with van der Waals surface area (Å²) in [6, 6.07) is 10.4. The minimum atomic E-state index is 0.112. The Labute approximate surface area is 138 Å². The minimum Gasteiger partial charge on any atom is -0.484 e. The SMILES string of the molecule is O=C(COc1ccccc1)N1CCN([C@@H]2C[C@H]3CC[C@H]2C3)CC1. The first-order valence-electron chi connectivity index (χ1n) is 8.99. The highest BCUT2D eigenvalue weighted by atomic mass is 16.5. The lowest BCUT2D eigenvalue weighted by Gasteiger charge is -2.41. The van der Waals surface area contributed by atoms with Crippen LogP contribution in [0.5, 0.6) is 5.75 Å². The maximum absolute atomic E-state index is 12.3. The van der Waals surface area contributed by atoms with Crippen molar-refractivity contribution in [2.45, 2.75) is 31.7 Å². The van der Waals surface area contributed by atoms with Crippen LogP contribution in [-0.2, 0) is 4.79 Å². The zero-order chi connectivity index (χ0) is 15.6. The highest BCUT2D eigenvalue weighted by Gasteiger charge is 2.42. The van der Waals surface area contributed by atoms with Gasteiger partial charge in [-0.15, -0.1) is 0 Å². The molecule has 2 bridgehead atoms. The van der Waals surface area contributed by atoms with Gasteiger partial charge in [0.1, 0.15) is 5.75 Å². The van der Waals surface area contributed by atoms with E-state index in [4.69, 9.17) is 4.74 Å². The number of fused-ring (bicyclic) bond motifs is 2. The molecule has 3 aliphatic rings. The van der Waals surface area contributed by atoms with Gasteiger partial charge in [-0.1, -0.05) is 24.6 Å². The summed E-state index contributed by atoms with van der Waals surface area (Å²) in [5.74, 6) is 2.80. The molecule has 1 aliphatic heterocycles. The fraction of sp³-hybridized carbons (Fsp3) is 0.632. The Morgan fingerprint density at radius 2 is 1.83 bits per heavy atom. The van der Waals surface area contributed by atoms with E-state index in [0.29, 0.717) is 0 Å². The standard InChI is InChI=1S/C19H26N2O2/c22-19(14-23-17-4-2-1-3-5-17)21-10-8-20(9-11-21)18-13-15-6-7-16(18)12-15/h1-5,15-16,18H,6-14H2/t15-,16-,18+/m0/s1. The molecule has 4 nitrogen and oxygen atoms in total. The molecule has 0 radical (unpaired) electrons. The average Bonchev–Trinajstić information content (AvgIpc) is 3.24. The highest BCUT2D eigenvalue weighted by Crippen LogP contribution is 2.46. The molecule has 1 amide bonds. The molecule has 4 heteroatoms. The van der Waals surface area contributed by atoms with Crippen LogP contribution in [0.1, 0.15) is 25.7 Å². The van der Waals surface area contributed by atoms with E-state index >= 15 is 0 Å². The quantitative estimate of drug-likeness (QED) is 0.855. The zero-order valence-corrected chi connectivity index (χ0v) is 13.7. The number of piperazine rings is 1. The van der Waals surface area contributed by atoms with E-state index in [1.54, 1.807) is 0 Å². The van der Waals surface area contributed by atoms with Crippen LogP contribution in [0, 0.1) is 11.8 Å². The molecule has 2 aliphatic carbocycles. The van der Waals surface area contributed by atoms with E-state index in [-0.39, 0.29) is 12.5 Å². The normalized spacial score (nSPS) is 30.6. The van der Waals surface area contributed by atoms with Gasteiger partial charge in [0, 0.05) is 32.2 Å².